The summed E-state index contributed by atoms with van der Waals surface area (Å²) in [4.78, 5) is 0.551. The van der Waals surface area contributed by atoms with E-state index in [9.17, 15) is 18.9 Å². The van der Waals surface area contributed by atoms with Crippen molar-refractivity contribution in [2.75, 3.05) is 0 Å². The molecule has 1 N–H and O–H groups in total. The van der Waals surface area contributed by atoms with Crippen LogP contribution in [0.3, 0.4) is 0 Å². The molecule has 1 aromatic carbocycles. The zero-order chi connectivity index (χ0) is 20.7. The van der Waals surface area contributed by atoms with Crippen LogP contribution in [0.5, 0.6) is 0 Å². The maximum absolute atomic E-state index is 13.5. The van der Waals surface area contributed by atoms with Gasteiger partial charge in [0.1, 0.15) is 5.92 Å². The number of hydrogen-bond donors (Lipinski definition) is 1. The number of allylic oxidation sites excluding steroid dienone is 2. The topological polar surface area (TPSA) is 90.5 Å². The van der Waals surface area contributed by atoms with Gasteiger partial charge in [-0.15, -0.1) is 4.53 Å². The van der Waals surface area contributed by atoms with Gasteiger partial charge in [-0.2, -0.15) is 5.26 Å². The Labute approximate surface area is 170 Å². The molecule has 5 nitrogen and oxygen atoms in total. The summed E-state index contributed by atoms with van der Waals surface area (Å²) >= 11 is 0. The van der Waals surface area contributed by atoms with Crippen LogP contribution in [0.25, 0.3) is 0 Å². The van der Waals surface area contributed by atoms with E-state index in [1.165, 1.54) is 6.08 Å². The highest BCUT2D eigenvalue weighted by Crippen LogP contribution is 2.39. The lowest BCUT2D eigenvalue weighted by atomic mass is 9.95. The molecule has 1 heterocycles. The Bertz CT molecular complexity index is 941. The summed E-state index contributed by atoms with van der Waals surface area (Å²) in [7, 11) is -4.76. The number of rotatable bonds is 9. The fourth-order valence-electron chi connectivity index (χ4n) is 3.52. The van der Waals surface area contributed by atoms with Gasteiger partial charge in [0, 0.05) is 4.91 Å². The van der Waals surface area contributed by atoms with Crippen molar-refractivity contribution in [2.45, 2.75) is 64.0 Å². The van der Waals surface area contributed by atoms with Gasteiger partial charge in [-0.25, -0.2) is 8.42 Å². The lowest BCUT2D eigenvalue weighted by Crippen LogP contribution is -2.23. The number of aryl methyl sites for hydroxylation is 1. The van der Waals surface area contributed by atoms with E-state index in [-0.39, 0.29) is 4.91 Å². The van der Waals surface area contributed by atoms with Gasteiger partial charge in [0.2, 0.25) is 0 Å². The first-order valence-electron chi connectivity index (χ1n) is 9.62. The van der Waals surface area contributed by atoms with Crippen LogP contribution in [0.4, 0.5) is 0 Å². The molecule has 28 heavy (non-hydrogen) atoms. The lowest BCUT2D eigenvalue weighted by Gasteiger charge is -2.21. The molecule has 2 rings (SSSR count). The Morgan fingerprint density at radius 1 is 1.21 bits per heavy atom. The van der Waals surface area contributed by atoms with Crippen molar-refractivity contribution >= 4 is 20.5 Å². The van der Waals surface area contributed by atoms with Crippen LogP contribution >= 0.6 is 0 Å². The van der Waals surface area contributed by atoms with E-state index >= 15 is 0 Å². The number of hydrogen-bond acceptors (Lipinski definition) is 4. The SMILES string of the molecule is CCCCC(CCC)S(=O)(=O)C1=C(C(C#N)c2ccccc2C)S(=NO)C=C1. The number of benzene rings is 1. The van der Waals surface area contributed by atoms with Crippen LogP contribution in [-0.4, -0.2) is 18.9 Å². The van der Waals surface area contributed by atoms with Crippen molar-refractivity contribution in [1.82, 2.24) is 0 Å². The third kappa shape index (κ3) is 4.62. The molecule has 0 amide bonds. The van der Waals surface area contributed by atoms with Gasteiger partial charge in [-0.3, -0.25) is 5.21 Å². The second kappa shape index (κ2) is 10.1. The summed E-state index contributed by atoms with van der Waals surface area (Å²) < 4.78 is 30.4. The Morgan fingerprint density at radius 2 is 1.93 bits per heavy atom. The zero-order valence-corrected chi connectivity index (χ0v) is 18.3. The normalized spacial score (nSPS) is 19.0. The lowest BCUT2D eigenvalue weighted by molar-refractivity contribution is 0.329. The molecule has 0 aromatic heterocycles. The Morgan fingerprint density at radius 3 is 2.50 bits per heavy atom. The highest BCUT2D eigenvalue weighted by Gasteiger charge is 2.36. The van der Waals surface area contributed by atoms with Crippen molar-refractivity contribution in [2.24, 2.45) is 4.53 Å². The quantitative estimate of drug-likeness (QED) is 0.548. The fraction of sp³-hybridized carbons (Fsp3) is 0.476. The van der Waals surface area contributed by atoms with Crippen LogP contribution in [0, 0.1) is 18.3 Å². The zero-order valence-electron chi connectivity index (χ0n) is 16.6. The van der Waals surface area contributed by atoms with Gasteiger partial charge in [0.05, 0.1) is 16.2 Å². The molecular formula is C21H28N2O3S2. The van der Waals surface area contributed by atoms with Gasteiger partial charge >= 0.3 is 0 Å². The molecule has 0 saturated heterocycles. The molecule has 7 heteroatoms. The molecule has 0 bridgehead atoms. The van der Waals surface area contributed by atoms with Crippen molar-refractivity contribution in [1.29, 1.82) is 5.26 Å². The molecule has 1 aliphatic heterocycles. The van der Waals surface area contributed by atoms with E-state index in [1.807, 2.05) is 45.0 Å². The van der Waals surface area contributed by atoms with Crippen molar-refractivity contribution < 1.29 is 13.6 Å². The minimum atomic E-state index is -3.63. The molecule has 1 aliphatic rings. The molecular weight excluding hydrogens is 392 g/mol. The number of nitrogens with zero attached hydrogens (tertiary/aromatic N) is 2. The first-order chi connectivity index (χ1) is 13.4. The average Bonchev–Trinajstić information content (AvgIpc) is 3.12. The first-order valence-corrected chi connectivity index (χ1v) is 12.4. The molecule has 1 aromatic rings. The molecule has 0 fully saturated rings. The predicted molar refractivity (Wildman–Crippen MR) is 114 cm³/mol. The minimum Gasteiger partial charge on any atom is -0.261 e. The highest BCUT2D eigenvalue weighted by atomic mass is 32.2. The van der Waals surface area contributed by atoms with Gasteiger partial charge in [0.15, 0.2) is 9.84 Å². The predicted octanol–water partition coefficient (Wildman–Crippen LogP) is 5.31. The van der Waals surface area contributed by atoms with E-state index < -0.39 is 31.7 Å². The number of sulfone groups is 1. The molecule has 0 radical (unpaired) electrons. The highest BCUT2D eigenvalue weighted by molar-refractivity contribution is 7.99. The second-order valence-corrected chi connectivity index (χ2v) is 10.6. The maximum atomic E-state index is 13.5. The summed E-state index contributed by atoms with van der Waals surface area (Å²) in [5, 5.41) is 20.5. The average molecular weight is 421 g/mol. The summed E-state index contributed by atoms with van der Waals surface area (Å²) in [6.45, 7) is 5.92. The molecule has 0 aliphatic carbocycles. The monoisotopic (exact) mass is 420 g/mol. The maximum Gasteiger partial charge on any atom is 0.182 e. The van der Waals surface area contributed by atoms with Crippen LogP contribution < -0.4 is 0 Å². The fourth-order valence-corrected chi connectivity index (χ4v) is 7.50. The van der Waals surface area contributed by atoms with E-state index in [1.54, 1.807) is 5.41 Å². The standard InChI is InChI=1S/C21H28N2O3S2/c1-4-6-11-17(9-5-2)28(25,26)20-13-14-27(23-24)21(20)19(15-22)18-12-8-7-10-16(18)3/h7-8,10,12-14,17,19,24H,4-6,9,11H2,1-3H3. The van der Waals surface area contributed by atoms with Crippen LogP contribution in [0.2, 0.25) is 0 Å². The molecule has 0 spiro atoms. The summed E-state index contributed by atoms with van der Waals surface area (Å²) in [5.74, 6) is -0.770. The van der Waals surface area contributed by atoms with Crippen molar-refractivity contribution in [3.8, 4) is 6.07 Å². The molecule has 152 valence electrons. The number of nitriles is 1. The van der Waals surface area contributed by atoms with Gasteiger partial charge in [-0.05, 0) is 53.1 Å². The minimum absolute atomic E-state index is 0.165. The first kappa shape index (κ1) is 22.5. The third-order valence-electron chi connectivity index (χ3n) is 5.03. The van der Waals surface area contributed by atoms with Crippen molar-refractivity contribution in [3.63, 3.8) is 0 Å². The smallest absolute Gasteiger partial charge is 0.182 e. The third-order valence-corrected chi connectivity index (χ3v) is 8.95. The Kier molecular flexibility index (Phi) is 8.17. The molecule has 3 unspecified atom stereocenters. The molecule has 3 atom stereocenters. The molecule has 0 saturated carbocycles. The Hall–Kier alpha value is -1.75. The second-order valence-electron chi connectivity index (χ2n) is 6.94. The van der Waals surface area contributed by atoms with E-state index in [2.05, 4.69) is 10.6 Å². The van der Waals surface area contributed by atoms with Crippen LogP contribution in [-0.2, 0) is 20.5 Å². The van der Waals surface area contributed by atoms with Gasteiger partial charge < -0.3 is 0 Å². The van der Waals surface area contributed by atoms with Crippen molar-refractivity contribution in [3.05, 3.63) is 56.7 Å². The number of unbranched alkanes of at least 4 members (excludes halogenated alkanes) is 1. The summed E-state index contributed by atoms with van der Waals surface area (Å²) in [6, 6.07) is 9.69. The summed E-state index contributed by atoms with van der Waals surface area (Å²) in [6.07, 6.45) is 5.26. The van der Waals surface area contributed by atoms with E-state index in [4.69, 9.17) is 0 Å². The van der Waals surface area contributed by atoms with Crippen LogP contribution in [0.1, 0.15) is 63.0 Å². The largest absolute Gasteiger partial charge is 0.261 e. The van der Waals surface area contributed by atoms with Gasteiger partial charge in [0.25, 0.3) is 0 Å². The summed E-state index contributed by atoms with van der Waals surface area (Å²) in [5.41, 5.74) is 1.65. The Balaban J connectivity index is 2.64. The van der Waals surface area contributed by atoms with Crippen LogP contribution in [0.15, 0.2) is 50.1 Å². The van der Waals surface area contributed by atoms with Gasteiger partial charge in [-0.1, -0.05) is 57.4 Å². The van der Waals surface area contributed by atoms with E-state index in [0.29, 0.717) is 17.7 Å². The van der Waals surface area contributed by atoms with E-state index in [0.717, 1.165) is 30.4 Å².